The van der Waals surface area contributed by atoms with Gasteiger partial charge in [-0.1, -0.05) is 12.8 Å². The van der Waals surface area contributed by atoms with Gasteiger partial charge in [0.15, 0.2) is 0 Å². The van der Waals surface area contributed by atoms with Gasteiger partial charge in [0.2, 0.25) is 11.8 Å². The van der Waals surface area contributed by atoms with E-state index in [0.29, 0.717) is 24.2 Å². The van der Waals surface area contributed by atoms with Crippen molar-refractivity contribution >= 4 is 23.4 Å². The van der Waals surface area contributed by atoms with Crippen LogP contribution in [0.4, 0.5) is 5.69 Å². The molecular formula is C20H27N3O3. The Kier molecular flexibility index (Phi) is 6.26. The number of carbonyl (C=O) groups is 3. The third kappa shape index (κ3) is 5.31. The van der Waals surface area contributed by atoms with Crippen LogP contribution in [0.1, 0.15) is 55.3 Å². The number of benzene rings is 1. The van der Waals surface area contributed by atoms with Crippen molar-refractivity contribution in [3.8, 4) is 0 Å². The molecular weight excluding hydrogens is 330 g/mol. The Bertz CT molecular complexity index is 645. The Hall–Kier alpha value is -2.37. The summed E-state index contributed by atoms with van der Waals surface area (Å²) in [7, 11) is 0. The second-order valence-electron chi connectivity index (χ2n) is 7.14. The average molecular weight is 357 g/mol. The molecule has 2 aliphatic rings. The summed E-state index contributed by atoms with van der Waals surface area (Å²) in [5.74, 6) is 0.119. The van der Waals surface area contributed by atoms with Gasteiger partial charge in [-0.05, 0) is 49.9 Å². The van der Waals surface area contributed by atoms with E-state index in [1.165, 1.54) is 12.8 Å². The highest BCUT2D eigenvalue weighted by molar-refractivity contribution is 5.96. The Balaban J connectivity index is 1.41. The number of likely N-dealkylation sites (tertiary alicyclic amines) is 1. The van der Waals surface area contributed by atoms with Gasteiger partial charge in [0, 0.05) is 43.2 Å². The van der Waals surface area contributed by atoms with Gasteiger partial charge in [-0.25, -0.2) is 0 Å². The molecule has 1 saturated carbocycles. The van der Waals surface area contributed by atoms with Gasteiger partial charge in [-0.15, -0.1) is 0 Å². The summed E-state index contributed by atoms with van der Waals surface area (Å²) in [5, 5.41) is 5.65. The summed E-state index contributed by atoms with van der Waals surface area (Å²) >= 11 is 0. The first kappa shape index (κ1) is 18.4. The molecule has 0 aromatic heterocycles. The molecule has 1 aromatic carbocycles. The van der Waals surface area contributed by atoms with E-state index < -0.39 is 0 Å². The van der Waals surface area contributed by atoms with E-state index in [9.17, 15) is 14.4 Å². The molecule has 3 rings (SSSR count). The van der Waals surface area contributed by atoms with Crippen LogP contribution in [0.3, 0.4) is 0 Å². The van der Waals surface area contributed by atoms with Crippen molar-refractivity contribution in [2.75, 3.05) is 25.0 Å². The monoisotopic (exact) mass is 357 g/mol. The number of anilines is 1. The van der Waals surface area contributed by atoms with Crippen molar-refractivity contribution in [2.45, 2.75) is 44.9 Å². The smallest absolute Gasteiger partial charge is 0.251 e. The summed E-state index contributed by atoms with van der Waals surface area (Å²) < 4.78 is 0. The fourth-order valence-corrected chi connectivity index (χ4v) is 3.16. The molecule has 1 heterocycles. The van der Waals surface area contributed by atoms with Crippen molar-refractivity contribution in [3.05, 3.63) is 29.8 Å². The zero-order valence-electron chi connectivity index (χ0n) is 15.1. The minimum absolute atomic E-state index is 0.0502. The molecule has 0 atom stereocenters. The highest BCUT2D eigenvalue weighted by atomic mass is 16.2. The van der Waals surface area contributed by atoms with Gasteiger partial charge in [0.1, 0.15) is 0 Å². The van der Waals surface area contributed by atoms with Crippen molar-refractivity contribution < 1.29 is 14.4 Å². The highest BCUT2D eigenvalue weighted by Gasteiger charge is 2.29. The lowest BCUT2D eigenvalue weighted by atomic mass is 10.2. The molecule has 1 saturated heterocycles. The minimum atomic E-state index is -0.200. The van der Waals surface area contributed by atoms with E-state index in [0.717, 1.165) is 38.8 Å². The number of carbonyl (C=O) groups excluding carboxylic acids is 3. The number of rotatable bonds is 6. The Labute approximate surface area is 154 Å². The summed E-state index contributed by atoms with van der Waals surface area (Å²) in [6.07, 6.45) is 6.78. The zero-order valence-corrected chi connectivity index (χ0v) is 15.1. The van der Waals surface area contributed by atoms with Crippen LogP contribution in [-0.4, -0.2) is 42.3 Å². The van der Waals surface area contributed by atoms with Gasteiger partial charge in [-0.2, -0.15) is 0 Å². The van der Waals surface area contributed by atoms with Crippen LogP contribution in [0.5, 0.6) is 0 Å². The van der Waals surface area contributed by atoms with Crippen LogP contribution in [0.15, 0.2) is 24.3 Å². The molecule has 0 radical (unpaired) electrons. The van der Waals surface area contributed by atoms with Crippen LogP contribution in [-0.2, 0) is 9.59 Å². The Morgan fingerprint density at radius 1 is 0.962 bits per heavy atom. The molecule has 6 heteroatoms. The molecule has 1 aliphatic carbocycles. The van der Waals surface area contributed by atoms with Crippen molar-refractivity contribution in [1.82, 2.24) is 10.2 Å². The molecule has 2 fully saturated rings. The van der Waals surface area contributed by atoms with E-state index in [1.807, 2.05) is 4.90 Å². The number of hydrogen-bond acceptors (Lipinski definition) is 3. The number of hydrogen-bond donors (Lipinski definition) is 2. The SMILES string of the molecule is O=C(NCCC(=O)N1CCCCCC1)c1ccc(NC(=O)C2CC2)cc1. The molecule has 140 valence electrons. The van der Waals surface area contributed by atoms with E-state index in [2.05, 4.69) is 10.6 Å². The first-order valence-corrected chi connectivity index (χ1v) is 9.60. The molecule has 0 spiro atoms. The van der Waals surface area contributed by atoms with Crippen molar-refractivity contribution in [1.29, 1.82) is 0 Å². The second-order valence-corrected chi connectivity index (χ2v) is 7.14. The van der Waals surface area contributed by atoms with Crippen LogP contribution >= 0.6 is 0 Å². The molecule has 26 heavy (non-hydrogen) atoms. The van der Waals surface area contributed by atoms with Crippen LogP contribution in [0.25, 0.3) is 0 Å². The quantitative estimate of drug-likeness (QED) is 0.821. The lowest BCUT2D eigenvalue weighted by molar-refractivity contribution is -0.131. The first-order valence-electron chi connectivity index (χ1n) is 9.60. The number of amides is 3. The van der Waals surface area contributed by atoms with Crippen LogP contribution in [0.2, 0.25) is 0 Å². The lowest BCUT2D eigenvalue weighted by Crippen LogP contribution is -2.35. The Morgan fingerprint density at radius 3 is 2.23 bits per heavy atom. The number of nitrogens with one attached hydrogen (secondary N) is 2. The summed E-state index contributed by atoms with van der Waals surface area (Å²) in [5.41, 5.74) is 1.23. The maximum absolute atomic E-state index is 12.2. The average Bonchev–Trinajstić information content (AvgIpc) is 3.49. The molecule has 1 aromatic rings. The third-order valence-electron chi connectivity index (χ3n) is 4.95. The lowest BCUT2D eigenvalue weighted by Gasteiger charge is -2.20. The normalized spacial score (nSPS) is 17.3. The van der Waals surface area contributed by atoms with Gasteiger partial charge in [0.05, 0.1) is 0 Å². The minimum Gasteiger partial charge on any atom is -0.352 e. The van der Waals surface area contributed by atoms with Crippen molar-refractivity contribution in [3.63, 3.8) is 0 Å². The van der Waals surface area contributed by atoms with Crippen molar-refractivity contribution in [2.24, 2.45) is 5.92 Å². The topological polar surface area (TPSA) is 78.5 Å². The zero-order chi connectivity index (χ0) is 18.4. The van der Waals surface area contributed by atoms with Crippen LogP contribution < -0.4 is 10.6 Å². The maximum Gasteiger partial charge on any atom is 0.251 e. The summed E-state index contributed by atoms with van der Waals surface area (Å²) in [6.45, 7) is 2.01. The summed E-state index contributed by atoms with van der Waals surface area (Å²) in [4.78, 5) is 38.0. The van der Waals surface area contributed by atoms with E-state index in [-0.39, 0.29) is 23.6 Å². The van der Waals surface area contributed by atoms with E-state index in [1.54, 1.807) is 24.3 Å². The summed E-state index contributed by atoms with van der Waals surface area (Å²) in [6, 6.07) is 6.85. The molecule has 0 bridgehead atoms. The predicted octanol–water partition coefficient (Wildman–Crippen LogP) is 2.56. The van der Waals surface area contributed by atoms with E-state index >= 15 is 0 Å². The fourth-order valence-electron chi connectivity index (χ4n) is 3.16. The largest absolute Gasteiger partial charge is 0.352 e. The Morgan fingerprint density at radius 2 is 1.62 bits per heavy atom. The second kappa shape index (κ2) is 8.83. The predicted molar refractivity (Wildman–Crippen MR) is 99.8 cm³/mol. The van der Waals surface area contributed by atoms with E-state index in [4.69, 9.17) is 0 Å². The maximum atomic E-state index is 12.2. The molecule has 3 amide bonds. The molecule has 6 nitrogen and oxygen atoms in total. The number of nitrogens with zero attached hydrogens (tertiary/aromatic N) is 1. The van der Waals surface area contributed by atoms with Gasteiger partial charge in [-0.3, -0.25) is 14.4 Å². The van der Waals surface area contributed by atoms with Crippen LogP contribution in [0, 0.1) is 5.92 Å². The standard InChI is InChI=1S/C20H27N3O3/c24-18(23-13-3-1-2-4-14-23)11-12-21-19(25)15-7-9-17(10-8-15)22-20(26)16-5-6-16/h7-10,16H,1-6,11-14H2,(H,21,25)(H,22,26). The highest BCUT2D eigenvalue weighted by Crippen LogP contribution is 2.30. The third-order valence-corrected chi connectivity index (χ3v) is 4.95. The molecule has 2 N–H and O–H groups in total. The fraction of sp³-hybridized carbons (Fsp3) is 0.550. The van der Waals surface area contributed by atoms with Gasteiger partial charge in [0.25, 0.3) is 5.91 Å². The molecule has 1 aliphatic heterocycles. The van der Waals surface area contributed by atoms with Gasteiger partial charge < -0.3 is 15.5 Å². The molecule has 0 unspecified atom stereocenters. The first-order chi connectivity index (χ1) is 12.6. The van der Waals surface area contributed by atoms with Gasteiger partial charge >= 0.3 is 0 Å².